The van der Waals surface area contributed by atoms with Gasteiger partial charge in [0.1, 0.15) is 0 Å². The largest absolute Gasteiger partial charge is 0.294 e. The van der Waals surface area contributed by atoms with E-state index >= 15 is 0 Å². The molecule has 17 heavy (non-hydrogen) atoms. The van der Waals surface area contributed by atoms with Crippen molar-refractivity contribution in [1.29, 1.82) is 0 Å². The fourth-order valence-corrected chi connectivity index (χ4v) is 8.00. The van der Waals surface area contributed by atoms with Gasteiger partial charge in [0, 0.05) is 12.0 Å². The molecule has 0 unspecified atom stereocenters. The molecule has 1 aliphatic carbocycles. The van der Waals surface area contributed by atoms with Crippen molar-refractivity contribution in [3.05, 3.63) is 35.4 Å². The fraction of sp³-hybridized carbons (Fsp3) is 0.533. The highest BCUT2D eigenvalue weighted by molar-refractivity contribution is 6.81. The van der Waals surface area contributed by atoms with E-state index in [4.69, 9.17) is 0 Å². The zero-order valence-electron chi connectivity index (χ0n) is 11.1. The molecule has 0 aromatic heterocycles. The standard InChI is InChI=1S/C15H22OSi/c1-4-17(5-2,6-3)15-11-14(16)12-9-7-8-10-13(12)15/h7-10,15H,4-6,11H2,1-3H3/t15-/m0/s1. The van der Waals surface area contributed by atoms with Gasteiger partial charge in [0.2, 0.25) is 0 Å². The summed E-state index contributed by atoms with van der Waals surface area (Å²) in [5.41, 5.74) is 2.94. The third kappa shape index (κ3) is 1.88. The third-order valence-electron chi connectivity index (χ3n) is 4.88. The van der Waals surface area contributed by atoms with Gasteiger partial charge in [-0.2, -0.15) is 0 Å². The fourth-order valence-electron chi connectivity index (χ4n) is 3.50. The second-order valence-electron chi connectivity index (χ2n) is 5.19. The van der Waals surface area contributed by atoms with Crippen molar-refractivity contribution in [3.63, 3.8) is 0 Å². The van der Waals surface area contributed by atoms with Gasteiger partial charge >= 0.3 is 0 Å². The minimum atomic E-state index is -1.30. The van der Waals surface area contributed by atoms with Crippen LogP contribution in [0.2, 0.25) is 18.1 Å². The summed E-state index contributed by atoms with van der Waals surface area (Å²) in [6, 6.07) is 12.2. The smallest absolute Gasteiger partial charge is 0.163 e. The number of carbonyl (C=O) groups is 1. The van der Waals surface area contributed by atoms with Crippen LogP contribution in [0.4, 0.5) is 0 Å². The maximum absolute atomic E-state index is 12.1. The summed E-state index contributed by atoms with van der Waals surface area (Å²) in [7, 11) is -1.30. The van der Waals surface area contributed by atoms with Crippen molar-refractivity contribution < 1.29 is 4.79 Å². The molecule has 1 nitrogen and oxygen atoms in total. The number of hydrogen-bond donors (Lipinski definition) is 0. The number of ketones is 1. The molecule has 1 aromatic rings. The highest BCUT2D eigenvalue weighted by atomic mass is 28.3. The quantitative estimate of drug-likeness (QED) is 0.719. The Morgan fingerprint density at radius 2 is 1.71 bits per heavy atom. The summed E-state index contributed by atoms with van der Waals surface area (Å²) in [5, 5.41) is 0. The van der Waals surface area contributed by atoms with Crippen LogP contribution in [-0.2, 0) is 0 Å². The van der Waals surface area contributed by atoms with Gasteiger partial charge in [-0.05, 0) is 11.1 Å². The number of rotatable bonds is 4. The molecule has 0 amide bonds. The Hall–Kier alpha value is -0.893. The van der Waals surface area contributed by atoms with Crippen LogP contribution in [0.25, 0.3) is 0 Å². The Bertz CT molecular complexity index is 412. The van der Waals surface area contributed by atoms with Crippen molar-refractivity contribution in [2.75, 3.05) is 0 Å². The third-order valence-corrected chi connectivity index (χ3v) is 11.1. The number of benzene rings is 1. The summed E-state index contributed by atoms with van der Waals surface area (Å²) in [5.74, 6) is 0.373. The van der Waals surface area contributed by atoms with Crippen LogP contribution in [0.1, 0.15) is 48.7 Å². The molecule has 0 heterocycles. The van der Waals surface area contributed by atoms with E-state index < -0.39 is 8.07 Å². The second-order valence-corrected chi connectivity index (χ2v) is 10.7. The zero-order chi connectivity index (χ0) is 12.5. The molecule has 0 fully saturated rings. The van der Waals surface area contributed by atoms with Gasteiger partial charge in [-0.1, -0.05) is 63.2 Å². The normalized spacial score (nSPS) is 19.5. The molecule has 0 aliphatic heterocycles. The van der Waals surface area contributed by atoms with Crippen LogP contribution < -0.4 is 0 Å². The van der Waals surface area contributed by atoms with Crippen molar-refractivity contribution >= 4 is 13.9 Å². The molecule has 0 bridgehead atoms. The van der Waals surface area contributed by atoms with E-state index in [0.29, 0.717) is 11.3 Å². The molecule has 0 saturated heterocycles. The van der Waals surface area contributed by atoms with Gasteiger partial charge in [0.05, 0.1) is 8.07 Å². The highest BCUT2D eigenvalue weighted by Crippen LogP contribution is 2.44. The molecule has 0 saturated carbocycles. The van der Waals surface area contributed by atoms with E-state index in [0.717, 1.165) is 12.0 Å². The number of carbonyl (C=O) groups excluding carboxylic acids is 1. The minimum Gasteiger partial charge on any atom is -0.294 e. The molecule has 0 N–H and O–H groups in total. The van der Waals surface area contributed by atoms with Crippen LogP contribution in [0.3, 0.4) is 0 Å². The van der Waals surface area contributed by atoms with Gasteiger partial charge in [-0.15, -0.1) is 0 Å². The average Bonchev–Trinajstić information content (AvgIpc) is 2.72. The first-order chi connectivity index (χ1) is 8.18. The monoisotopic (exact) mass is 246 g/mol. The molecule has 2 rings (SSSR count). The van der Waals surface area contributed by atoms with Crippen LogP contribution in [0, 0.1) is 0 Å². The molecule has 92 valence electrons. The number of fused-ring (bicyclic) bond motifs is 1. The van der Waals surface area contributed by atoms with Crippen molar-refractivity contribution in [2.45, 2.75) is 50.9 Å². The summed E-state index contributed by atoms with van der Waals surface area (Å²) < 4.78 is 0. The Labute approximate surface area is 105 Å². The molecule has 2 heteroatoms. The minimum absolute atomic E-state index is 0.373. The number of hydrogen-bond acceptors (Lipinski definition) is 1. The molecular formula is C15H22OSi. The van der Waals surface area contributed by atoms with Crippen molar-refractivity contribution in [1.82, 2.24) is 0 Å². The summed E-state index contributed by atoms with van der Waals surface area (Å²) in [6.07, 6.45) is 0.779. The predicted octanol–water partition coefficient (Wildman–Crippen LogP) is 4.40. The van der Waals surface area contributed by atoms with Crippen LogP contribution in [-0.4, -0.2) is 13.9 Å². The first kappa shape index (κ1) is 12.6. The molecule has 0 spiro atoms. The predicted molar refractivity (Wildman–Crippen MR) is 75.3 cm³/mol. The lowest BCUT2D eigenvalue weighted by molar-refractivity contribution is 0.0993. The van der Waals surface area contributed by atoms with E-state index in [2.05, 4.69) is 32.9 Å². The Morgan fingerprint density at radius 1 is 1.12 bits per heavy atom. The highest BCUT2D eigenvalue weighted by Gasteiger charge is 2.43. The van der Waals surface area contributed by atoms with Gasteiger partial charge in [0.15, 0.2) is 5.78 Å². The Kier molecular flexibility index (Phi) is 3.52. The SMILES string of the molecule is CC[Si](CC)(CC)[C@H]1CC(=O)c2ccccc21. The molecule has 1 aromatic carbocycles. The van der Waals surface area contributed by atoms with Gasteiger partial charge in [-0.3, -0.25) is 4.79 Å². The first-order valence-corrected chi connectivity index (χ1v) is 9.50. The topological polar surface area (TPSA) is 17.1 Å². The average molecular weight is 246 g/mol. The van der Waals surface area contributed by atoms with Crippen LogP contribution in [0.5, 0.6) is 0 Å². The maximum Gasteiger partial charge on any atom is 0.163 e. The van der Waals surface area contributed by atoms with E-state index in [1.807, 2.05) is 12.1 Å². The molecule has 1 aliphatic rings. The molecular weight excluding hydrogens is 224 g/mol. The van der Waals surface area contributed by atoms with E-state index in [9.17, 15) is 4.79 Å². The van der Waals surface area contributed by atoms with E-state index in [1.165, 1.54) is 23.7 Å². The maximum atomic E-state index is 12.1. The molecule has 1 atom stereocenters. The van der Waals surface area contributed by atoms with Gasteiger partial charge in [-0.25, -0.2) is 0 Å². The van der Waals surface area contributed by atoms with E-state index in [1.54, 1.807) is 0 Å². The summed E-state index contributed by atoms with van der Waals surface area (Å²) >= 11 is 0. The summed E-state index contributed by atoms with van der Waals surface area (Å²) in [6.45, 7) is 6.97. The Morgan fingerprint density at radius 3 is 2.29 bits per heavy atom. The van der Waals surface area contributed by atoms with Crippen molar-refractivity contribution in [3.8, 4) is 0 Å². The molecule has 0 radical (unpaired) electrons. The lowest BCUT2D eigenvalue weighted by Crippen LogP contribution is -2.39. The number of Topliss-reactive ketones (excluding diaryl/α,β-unsaturated/α-hetero) is 1. The summed E-state index contributed by atoms with van der Waals surface area (Å²) in [4.78, 5) is 12.1. The second kappa shape index (κ2) is 4.77. The van der Waals surface area contributed by atoms with Gasteiger partial charge < -0.3 is 0 Å². The van der Waals surface area contributed by atoms with Crippen molar-refractivity contribution in [2.24, 2.45) is 0 Å². The zero-order valence-corrected chi connectivity index (χ0v) is 12.1. The van der Waals surface area contributed by atoms with Crippen LogP contribution >= 0.6 is 0 Å². The lowest BCUT2D eigenvalue weighted by atomic mass is 10.1. The van der Waals surface area contributed by atoms with Crippen LogP contribution in [0.15, 0.2) is 24.3 Å². The van der Waals surface area contributed by atoms with Gasteiger partial charge in [0.25, 0.3) is 0 Å². The van der Waals surface area contributed by atoms with E-state index in [-0.39, 0.29) is 0 Å². The lowest BCUT2D eigenvalue weighted by Gasteiger charge is -2.35. The Balaban J connectivity index is 2.46. The first-order valence-electron chi connectivity index (χ1n) is 6.80.